The zero-order chi connectivity index (χ0) is 18.6. The first-order chi connectivity index (χ1) is 11.8. The largest absolute Gasteiger partial charge is 0.452 e. The zero-order valence-electron chi connectivity index (χ0n) is 14.2. The fraction of sp³-hybridized carbons (Fsp3) is 0.263. The smallest absolute Gasteiger partial charge is 0.338 e. The summed E-state index contributed by atoms with van der Waals surface area (Å²) < 4.78 is 31.6. The normalized spacial score (nSPS) is 11.7. The van der Waals surface area contributed by atoms with Crippen LogP contribution in [0.25, 0.3) is 0 Å². The Hall–Kier alpha value is -2.76. The van der Waals surface area contributed by atoms with Gasteiger partial charge >= 0.3 is 5.97 Å². The molecule has 2 aromatic rings. The predicted octanol–water partition coefficient (Wildman–Crippen LogP) is 3.62. The summed E-state index contributed by atoms with van der Waals surface area (Å²) in [5.41, 5.74) is 2.34. The average Bonchev–Trinajstić information content (AvgIpc) is 2.51. The van der Waals surface area contributed by atoms with Gasteiger partial charge in [0, 0.05) is 11.6 Å². The molecule has 2 rings (SSSR count). The minimum atomic E-state index is -0.750. The molecule has 2 aromatic carbocycles. The van der Waals surface area contributed by atoms with Crippen LogP contribution in [0.2, 0.25) is 0 Å². The van der Waals surface area contributed by atoms with Crippen LogP contribution in [0.3, 0.4) is 0 Å². The van der Waals surface area contributed by atoms with Gasteiger partial charge in [-0.3, -0.25) is 4.79 Å². The van der Waals surface area contributed by atoms with Gasteiger partial charge in [0.1, 0.15) is 11.6 Å². The maximum Gasteiger partial charge on any atom is 0.338 e. The number of esters is 1. The third-order valence-corrected chi connectivity index (χ3v) is 3.60. The molecule has 0 unspecified atom stereocenters. The van der Waals surface area contributed by atoms with Crippen LogP contribution >= 0.6 is 0 Å². The van der Waals surface area contributed by atoms with Crippen molar-refractivity contribution in [1.82, 2.24) is 5.32 Å². The molecule has 0 aliphatic rings. The van der Waals surface area contributed by atoms with Crippen molar-refractivity contribution in [2.24, 2.45) is 0 Å². The topological polar surface area (TPSA) is 55.4 Å². The van der Waals surface area contributed by atoms with Gasteiger partial charge in [0.25, 0.3) is 5.91 Å². The number of halogens is 2. The maximum atomic E-state index is 13.7. The lowest BCUT2D eigenvalue weighted by Gasteiger charge is -2.15. The van der Waals surface area contributed by atoms with Gasteiger partial charge in [-0.25, -0.2) is 13.6 Å². The highest BCUT2D eigenvalue weighted by atomic mass is 19.1. The van der Waals surface area contributed by atoms with Crippen LogP contribution in [0, 0.1) is 25.5 Å². The summed E-state index contributed by atoms with van der Waals surface area (Å²) in [5, 5.41) is 2.51. The molecule has 0 fully saturated rings. The second kappa shape index (κ2) is 7.88. The number of benzene rings is 2. The van der Waals surface area contributed by atoms with E-state index >= 15 is 0 Å². The molecule has 132 valence electrons. The van der Waals surface area contributed by atoms with Gasteiger partial charge in [-0.05, 0) is 39.0 Å². The van der Waals surface area contributed by atoms with Crippen molar-refractivity contribution in [2.45, 2.75) is 26.8 Å². The number of hydrogen-bond acceptors (Lipinski definition) is 3. The number of carbonyl (C=O) groups is 2. The van der Waals surface area contributed by atoms with Gasteiger partial charge in [0.2, 0.25) is 0 Å². The Morgan fingerprint density at radius 3 is 2.32 bits per heavy atom. The van der Waals surface area contributed by atoms with E-state index < -0.39 is 36.2 Å². The number of hydrogen-bond donors (Lipinski definition) is 1. The molecule has 0 heterocycles. The lowest BCUT2D eigenvalue weighted by molar-refractivity contribution is -0.124. The van der Waals surface area contributed by atoms with Gasteiger partial charge in [-0.2, -0.15) is 0 Å². The van der Waals surface area contributed by atoms with Crippen LogP contribution < -0.4 is 5.32 Å². The first kappa shape index (κ1) is 18.6. The van der Waals surface area contributed by atoms with Crippen molar-refractivity contribution in [3.63, 3.8) is 0 Å². The molecule has 0 radical (unpaired) electrons. The standard InChI is InChI=1S/C19H19F2NO3/c1-11-6-12(2)8-14(7-11)19(24)25-10-18(23)22-13(3)16-5-4-15(20)9-17(16)21/h4-9,13H,10H2,1-3H3,(H,22,23)/t13-/m1/s1. The summed E-state index contributed by atoms with van der Waals surface area (Å²) >= 11 is 0. The molecule has 0 saturated heterocycles. The molecule has 25 heavy (non-hydrogen) atoms. The predicted molar refractivity (Wildman–Crippen MR) is 89.1 cm³/mol. The van der Waals surface area contributed by atoms with E-state index in [0.29, 0.717) is 5.56 Å². The third kappa shape index (κ3) is 5.11. The van der Waals surface area contributed by atoms with E-state index in [1.54, 1.807) is 19.1 Å². The number of nitrogens with one attached hydrogen (secondary N) is 1. The Kier molecular flexibility index (Phi) is 5.85. The summed E-state index contributed by atoms with van der Waals surface area (Å²) in [6.07, 6.45) is 0. The maximum absolute atomic E-state index is 13.7. The minimum absolute atomic E-state index is 0.149. The van der Waals surface area contributed by atoms with Crippen molar-refractivity contribution in [1.29, 1.82) is 0 Å². The molecule has 1 atom stereocenters. The van der Waals surface area contributed by atoms with Crippen molar-refractivity contribution in [3.8, 4) is 0 Å². The molecule has 1 amide bonds. The molecule has 4 nitrogen and oxygen atoms in total. The molecule has 0 aliphatic carbocycles. The molecule has 0 spiro atoms. The van der Waals surface area contributed by atoms with Crippen LogP contribution in [0.4, 0.5) is 8.78 Å². The molecule has 0 saturated carbocycles. The van der Waals surface area contributed by atoms with E-state index in [4.69, 9.17) is 4.74 Å². The number of amides is 1. The average molecular weight is 347 g/mol. The van der Waals surface area contributed by atoms with Crippen LogP contribution in [-0.4, -0.2) is 18.5 Å². The Balaban J connectivity index is 1.92. The lowest BCUT2D eigenvalue weighted by atomic mass is 10.1. The summed E-state index contributed by atoms with van der Waals surface area (Å²) in [7, 11) is 0. The fourth-order valence-electron chi connectivity index (χ4n) is 2.52. The minimum Gasteiger partial charge on any atom is -0.452 e. The number of aryl methyl sites for hydroxylation is 2. The summed E-state index contributed by atoms with van der Waals surface area (Å²) in [6.45, 7) is 4.78. The van der Waals surface area contributed by atoms with Crippen LogP contribution in [0.5, 0.6) is 0 Å². The molecule has 6 heteroatoms. The van der Waals surface area contributed by atoms with Gasteiger partial charge in [0.15, 0.2) is 6.61 Å². The zero-order valence-corrected chi connectivity index (χ0v) is 14.2. The van der Waals surface area contributed by atoms with Crippen LogP contribution in [0.1, 0.15) is 40.0 Å². The monoisotopic (exact) mass is 347 g/mol. The molecule has 0 aromatic heterocycles. The Morgan fingerprint density at radius 1 is 1.08 bits per heavy atom. The van der Waals surface area contributed by atoms with Crippen LogP contribution in [-0.2, 0) is 9.53 Å². The van der Waals surface area contributed by atoms with E-state index in [9.17, 15) is 18.4 Å². The first-order valence-electron chi connectivity index (χ1n) is 7.76. The van der Waals surface area contributed by atoms with E-state index in [2.05, 4.69) is 5.32 Å². The van der Waals surface area contributed by atoms with Gasteiger partial charge in [0.05, 0.1) is 11.6 Å². The highest BCUT2D eigenvalue weighted by Crippen LogP contribution is 2.17. The number of carbonyl (C=O) groups excluding carboxylic acids is 2. The van der Waals surface area contributed by atoms with Crippen molar-refractivity contribution < 1.29 is 23.1 Å². The van der Waals surface area contributed by atoms with Crippen molar-refractivity contribution in [3.05, 3.63) is 70.3 Å². The number of ether oxygens (including phenoxy) is 1. The van der Waals surface area contributed by atoms with E-state index in [-0.39, 0.29) is 5.56 Å². The molecular formula is C19H19F2NO3. The molecule has 0 aliphatic heterocycles. The number of rotatable bonds is 5. The molecular weight excluding hydrogens is 328 g/mol. The lowest BCUT2D eigenvalue weighted by Crippen LogP contribution is -2.31. The van der Waals surface area contributed by atoms with Gasteiger partial charge < -0.3 is 10.1 Å². The Labute approximate surface area is 144 Å². The van der Waals surface area contributed by atoms with E-state index in [1.165, 1.54) is 6.07 Å². The summed E-state index contributed by atoms with van der Waals surface area (Å²) in [5.74, 6) is -2.63. The van der Waals surface area contributed by atoms with Crippen molar-refractivity contribution >= 4 is 11.9 Å². The first-order valence-corrected chi connectivity index (χ1v) is 7.76. The van der Waals surface area contributed by atoms with Crippen LogP contribution in [0.15, 0.2) is 36.4 Å². The second-order valence-electron chi connectivity index (χ2n) is 5.91. The Morgan fingerprint density at radius 2 is 1.72 bits per heavy atom. The molecule has 1 N–H and O–H groups in total. The van der Waals surface area contributed by atoms with Gasteiger partial charge in [-0.15, -0.1) is 0 Å². The highest BCUT2D eigenvalue weighted by molar-refractivity contribution is 5.91. The summed E-state index contributed by atoms with van der Waals surface area (Å²) in [4.78, 5) is 23.9. The second-order valence-corrected chi connectivity index (χ2v) is 5.91. The highest BCUT2D eigenvalue weighted by Gasteiger charge is 2.16. The fourth-order valence-corrected chi connectivity index (χ4v) is 2.52. The SMILES string of the molecule is Cc1cc(C)cc(C(=O)OCC(=O)N[C@H](C)c2ccc(F)cc2F)c1. The van der Waals surface area contributed by atoms with Crippen molar-refractivity contribution in [2.75, 3.05) is 6.61 Å². The van der Waals surface area contributed by atoms with E-state index in [1.807, 2.05) is 19.9 Å². The summed E-state index contributed by atoms with van der Waals surface area (Å²) in [6, 6.07) is 7.69. The Bertz CT molecular complexity index is 785. The quantitative estimate of drug-likeness (QED) is 0.841. The van der Waals surface area contributed by atoms with E-state index in [0.717, 1.165) is 23.3 Å². The molecule has 0 bridgehead atoms. The third-order valence-electron chi connectivity index (χ3n) is 3.60. The van der Waals surface area contributed by atoms with Gasteiger partial charge in [-0.1, -0.05) is 23.3 Å².